The molecule has 3 heterocycles. The average molecular weight is 335 g/mol. The third kappa shape index (κ3) is 3.73. The Hall–Kier alpha value is -2.42. The van der Waals surface area contributed by atoms with Gasteiger partial charge in [0.2, 0.25) is 0 Å². The third-order valence-corrected chi connectivity index (χ3v) is 3.71. The summed E-state index contributed by atoms with van der Waals surface area (Å²) in [6.45, 7) is 7.08. The van der Waals surface area contributed by atoms with E-state index in [2.05, 4.69) is 20.3 Å². The molecule has 0 radical (unpaired) electrons. The lowest BCUT2D eigenvalue weighted by Gasteiger charge is -2.31. The van der Waals surface area contributed by atoms with Crippen molar-refractivity contribution in [3.05, 3.63) is 23.5 Å². The topological polar surface area (TPSA) is 106 Å². The predicted molar refractivity (Wildman–Crippen MR) is 82.5 cm³/mol. The molecule has 130 valence electrons. The highest BCUT2D eigenvalue weighted by Crippen LogP contribution is 2.21. The van der Waals surface area contributed by atoms with E-state index in [-0.39, 0.29) is 24.5 Å². The van der Waals surface area contributed by atoms with Crippen LogP contribution in [-0.2, 0) is 9.53 Å². The van der Waals surface area contributed by atoms with E-state index in [4.69, 9.17) is 14.0 Å². The maximum atomic E-state index is 12.3. The van der Waals surface area contributed by atoms with Gasteiger partial charge in [-0.25, -0.2) is 4.98 Å². The Morgan fingerprint density at radius 3 is 3.04 bits per heavy atom. The Balaban J connectivity index is 1.56. The number of amides is 1. The third-order valence-electron chi connectivity index (χ3n) is 3.71. The second kappa shape index (κ2) is 7.00. The van der Waals surface area contributed by atoms with E-state index < -0.39 is 0 Å². The summed E-state index contributed by atoms with van der Waals surface area (Å²) >= 11 is 0. The van der Waals surface area contributed by atoms with Crippen molar-refractivity contribution in [1.82, 2.24) is 25.2 Å². The monoisotopic (exact) mass is 335 g/mol. The van der Waals surface area contributed by atoms with Crippen molar-refractivity contribution in [3.63, 3.8) is 0 Å². The van der Waals surface area contributed by atoms with Gasteiger partial charge in [-0.3, -0.25) is 9.89 Å². The van der Waals surface area contributed by atoms with Crippen LogP contribution in [0.4, 0.5) is 0 Å². The number of hydrogen-bond donors (Lipinski definition) is 1. The van der Waals surface area contributed by atoms with Crippen LogP contribution in [0.5, 0.6) is 5.88 Å². The minimum atomic E-state index is -0.308. The van der Waals surface area contributed by atoms with Gasteiger partial charge in [0.25, 0.3) is 11.8 Å². The molecular formula is C15H21N5O4. The fourth-order valence-corrected chi connectivity index (χ4v) is 2.37. The zero-order chi connectivity index (χ0) is 17.1. The van der Waals surface area contributed by atoms with Crippen LogP contribution in [0.2, 0.25) is 0 Å². The van der Waals surface area contributed by atoms with Crippen LogP contribution in [-0.4, -0.2) is 57.4 Å². The van der Waals surface area contributed by atoms with Gasteiger partial charge in [0.15, 0.2) is 18.3 Å². The Kier molecular flexibility index (Phi) is 4.79. The first-order chi connectivity index (χ1) is 11.5. The number of rotatable bonds is 5. The molecule has 0 aliphatic carbocycles. The first-order valence-corrected chi connectivity index (χ1v) is 7.90. The summed E-state index contributed by atoms with van der Waals surface area (Å²) in [6, 6.07) is 1.64. The van der Waals surface area contributed by atoms with E-state index in [9.17, 15) is 4.79 Å². The van der Waals surface area contributed by atoms with Crippen LogP contribution in [0.1, 0.15) is 43.3 Å². The number of nitrogens with one attached hydrogen (secondary N) is 1. The van der Waals surface area contributed by atoms with E-state index in [0.29, 0.717) is 37.2 Å². The largest absolute Gasteiger partial charge is 0.465 e. The van der Waals surface area contributed by atoms with Gasteiger partial charge in [-0.2, -0.15) is 5.10 Å². The van der Waals surface area contributed by atoms with Crippen LogP contribution < -0.4 is 4.74 Å². The highest BCUT2D eigenvalue weighted by molar-refractivity contribution is 5.77. The van der Waals surface area contributed by atoms with Crippen LogP contribution >= 0.6 is 0 Å². The first kappa shape index (κ1) is 16.4. The number of aromatic amines is 1. The quantitative estimate of drug-likeness (QED) is 0.875. The van der Waals surface area contributed by atoms with Gasteiger partial charge in [-0.05, 0) is 12.1 Å². The van der Waals surface area contributed by atoms with Crippen molar-refractivity contribution < 1.29 is 18.8 Å². The molecule has 1 amide bonds. The van der Waals surface area contributed by atoms with Gasteiger partial charge >= 0.3 is 0 Å². The normalized spacial score (nSPS) is 18.2. The summed E-state index contributed by atoms with van der Waals surface area (Å²) in [5.74, 6) is 2.42. The molecule has 1 saturated heterocycles. The van der Waals surface area contributed by atoms with E-state index in [1.165, 1.54) is 0 Å². The summed E-state index contributed by atoms with van der Waals surface area (Å²) in [5.41, 5.74) is 0. The average Bonchev–Trinajstić information content (AvgIpc) is 3.22. The minimum Gasteiger partial charge on any atom is -0.465 e. The van der Waals surface area contributed by atoms with Crippen molar-refractivity contribution in [2.75, 3.05) is 26.3 Å². The van der Waals surface area contributed by atoms with E-state index in [0.717, 1.165) is 5.82 Å². The second-order valence-corrected chi connectivity index (χ2v) is 6.00. The Morgan fingerprint density at radius 2 is 2.38 bits per heavy atom. The molecule has 9 nitrogen and oxygen atoms in total. The zero-order valence-corrected chi connectivity index (χ0v) is 14.0. The molecule has 3 rings (SSSR count). The molecule has 0 unspecified atom stereocenters. The second-order valence-electron chi connectivity index (χ2n) is 6.00. The van der Waals surface area contributed by atoms with Gasteiger partial charge in [-0.1, -0.05) is 13.8 Å². The van der Waals surface area contributed by atoms with Crippen LogP contribution in [0.3, 0.4) is 0 Å². The maximum absolute atomic E-state index is 12.3. The highest BCUT2D eigenvalue weighted by atomic mass is 16.5. The molecular weight excluding hydrogens is 314 g/mol. The lowest BCUT2D eigenvalue weighted by molar-refractivity contribution is -0.141. The molecule has 1 aliphatic heterocycles. The summed E-state index contributed by atoms with van der Waals surface area (Å²) < 4.78 is 16.0. The number of hydrogen-bond acceptors (Lipinski definition) is 7. The lowest BCUT2D eigenvalue weighted by atomic mass is 10.2. The number of carbonyl (C=O) groups excluding carboxylic acids is 1. The standard InChI is InChI=1S/C15H21N5O4/c1-9(2)14-16-15(18-17-14)11-7-20(4-5-22-11)13(21)8-23-12-6-10(3)24-19-12/h6,9,11H,4-5,7-8H2,1-3H3,(H,16,17,18)/t11-/m1/s1. The number of carbonyl (C=O) groups is 1. The Bertz CT molecular complexity index is 696. The fraction of sp³-hybridized carbons (Fsp3) is 0.600. The molecule has 1 N–H and O–H groups in total. The smallest absolute Gasteiger partial charge is 0.260 e. The van der Waals surface area contributed by atoms with E-state index in [1.807, 2.05) is 13.8 Å². The molecule has 2 aromatic heterocycles. The zero-order valence-electron chi connectivity index (χ0n) is 14.0. The van der Waals surface area contributed by atoms with E-state index in [1.54, 1.807) is 17.9 Å². The summed E-state index contributed by atoms with van der Waals surface area (Å²) in [5, 5.41) is 10.8. The van der Waals surface area contributed by atoms with Gasteiger partial charge in [0.05, 0.1) is 13.2 Å². The predicted octanol–water partition coefficient (Wildman–Crippen LogP) is 1.20. The maximum Gasteiger partial charge on any atom is 0.260 e. The van der Waals surface area contributed by atoms with Gasteiger partial charge in [-0.15, -0.1) is 0 Å². The summed E-state index contributed by atoms with van der Waals surface area (Å²) in [6.07, 6.45) is -0.308. The van der Waals surface area contributed by atoms with E-state index >= 15 is 0 Å². The molecule has 24 heavy (non-hydrogen) atoms. The number of morpholine rings is 1. The highest BCUT2D eigenvalue weighted by Gasteiger charge is 2.28. The molecule has 2 aromatic rings. The Morgan fingerprint density at radius 1 is 1.54 bits per heavy atom. The molecule has 0 saturated carbocycles. The first-order valence-electron chi connectivity index (χ1n) is 7.90. The SMILES string of the molecule is Cc1cc(OCC(=O)N2CCO[C@@H](c3nc(C(C)C)n[nH]3)C2)no1. The molecule has 9 heteroatoms. The van der Waals surface area contributed by atoms with Crippen molar-refractivity contribution in [2.24, 2.45) is 0 Å². The van der Waals surface area contributed by atoms with Crippen molar-refractivity contribution in [2.45, 2.75) is 32.8 Å². The number of ether oxygens (including phenoxy) is 2. The van der Waals surface area contributed by atoms with Crippen molar-refractivity contribution >= 4 is 5.91 Å². The molecule has 1 atom stereocenters. The number of aromatic nitrogens is 4. The van der Waals surface area contributed by atoms with Crippen molar-refractivity contribution in [3.8, 4) is 5.88 Å². The number of H-pyrrole nitrogens is 1. The molecule has 0 aromatic carbocycles. The molecule has 0 spiro atoms. The van der Waals surface area contributed by atoms with Crippen LogP contribution in [0, 0.1) is 6.92 Å². The summed E-state index contributed by atoms with van der Waals surface area (Å²) in [7, 11) is 0. The van der Waals surface area contributed by atoms with Gasteiger partial charge < -0.3 is 18.9 Å². The minimum absolute atomic E-state index is 0.0909. The van der Waals surface area contributed by atoms with Crippen LogP contribution in [0.15, 0.2) is 10.6 Å². The summed E-state index contributed by atoms with van der Waals surface area (Å²) in [4.78, 5) is 18.4. The van der Waals surface area contributed by atoms with Gasteiger partial charge in [0.1, 0.15) is 11.9 Å². The van der Waals surface area contributed by atoms with Crippen molar-refractivity contribution in [1.29, 1.82) is 0 Å². The molecule has 1 aliphatic rings. The number of aryl methyl sites for hydroxylation is 1. The molecule has 0 bridgehead atoms. The fourth-order valence-electron chi connectivity index (χ4n) is 2.37. The lowest BCUT2D eigenvalue weighted by Crippen LogP contribution is -2.44. The Labute approximate surface area is 139 Å². The van der Waals surface area contributed by atoms with Crippen LogP contribution in [0.25, 0.3) is 0 Å². The van der Waals surface area contributed by atoms with Gasteiger partial charge in [0, 0.05) is 18.5 Å². The number of nitrogens with zero attached hydrogens (tertiary/aromatic N) is 4. The molecule has 1 fully saturated rings.